The van der Waals surface area contributed by atoms with Crippen LogP contribution in [0.2, 0.25) is 0 Å². The van der Waals surface area contributed by atoms with Gasteiger partial charge in [-0.15, -0.1) is 0 Å². The van der Waals surface area contributed by atoms with Gasteiger partial charge < -0.3 is 5.73 Å². The number of nitrogens with two attached hydrogens (primary N) is 1. The van der Waals surface area contributed by atoms with Gasteiger partial charge in [0.05, 0.1) is 24.7 Å². The molecule has 0 saturated heterocycles. The number of hydrogen-bond donors (Lipinski definition) is 1. The number of nitrogens with zero attached hydrogens (tertiary/aromatic N) is 2. The van der Waals surface area contributed by atoms with Gasteiger partial charge in [0, 0.05) is 17.5 Å². The Hall–Kier alpha value is -2.50. The number of fused-ring (bicyclic) bond motifs is 1. The molecular formula is C15H15N3O3. The van der Waals surface area contributed by atoms with E-state index in [9.17, 15) is 14.4 Å². The SMILES string of the molecule is [2H]C1([2H])C(=O)CC(=O)[C@]([2H])(n2c(C)nc3cccc(N)c3c2=O)C1([2H])[2H]. The van der Waals surface area contributed by atoms with Crippen LogP contribution in [0.3, 0.4) is 0 Å². The number of benzene rings is 1. The number of carbonyl (C=O) groups excluding carboxylic acids is 2. The summed E-state index contributed by atoms with van der Waals surface area (Å²) in [5.41, 5.74) is 5.10. The number of rotatable bonds is 1. The lowest BCUT2D eigenvalue weighted by Crippen LogP contribution is -2.36. The van der Waals surface area contributed by atoms with Gasteiger partial charge in [0.2, 0.25) is 0 Å². The van der Waals surface area contributed by atoms with Crippen molar-refractivity contribution < 1.29 is 16.4 Å². The fourth-order valence-corrected chi connectivity index (χ4v) is 2.28. The largest absolute Gasteiger partial charge is 0.398 e. The van der Waals surface area contributed by atoms with Gasteiger partial charge in [-0.1, -0.05) is 6.07 Å². The van der Waals surface area contributed by atoms with Crippen LogP contribution in [0.25, 0.3) is 10.9 Å². The number of aryl methyl sites for hydroxylation is 1. The molecule has 2 N–H and O–H groups in total. The van der Waals surface area contributed by atoms with Crippen LogP contribution in [0.1, 0.15) is 37.9 Å². The first kappa shape index (κ1) is 8.71. The quantitative estimate of drug-likeness (QED) is 0.628. The molecule has 0 aliphatic heterocycles. The molecule has 1 fully saturated rings. The number of nitrogen functional groups attached to an aromatic ring is 1. The minimum atomic E-state index is -3.31. The van der Waals surface area contributed by atoms with Crippen LogP contribution in [0, 0.1) is 6.92 Å². The first-order valence-corrected chi connectivity index (χ1v) is 6.22. The third-order valence-electron chi connectivity index (χ3n) is 3.23. The Morgan fingerprint density at radius 1 is 1.43 bits per heavy atom. The third kappa shape index (κ3) is 2.12. The third-order valence-corrected chi connectivity index (χ3v) is 3.23. The van der Waals surface area contributed by atoms with E-state index in [1.54, 1.807) is 6.07 Å². The maximum absolute atomic E-state index is 13.0. The summed E-state index contributed by atoms with van der Waals surface area (Å²) in [4.78, 5) is 41.5. The summed E-state index contributed by atoms with van der Waals surface area (Å²) < 4.78 is 40.7. The Morgan fingerprint density at radius 2 is 2.19 bits per heavy atom. The van der Waals surface area contributed by atoms with Gasteiger partial charge in [0.25, 0.3) is 5.56 Å². The molecule has 0 radical (unpaired) electrons. The average Bonchev–Trinajstić information content (AvgIpc) is 2.52. The second kappa shape index (κ2) is 4.80. The van der Waals surface area contributed by atoms with E-state index in [1.165, 1.54) is 19.1 Å². The molecule has 6 heteroatoms. The van der Waals surface area contributed by atoms with Crippen molar-refractivity contribution in [3.63, 3.8) is 0 Å². The lowest BCUT2D eigenvalue weighted by atomic mass is 9.92. The number of Topliss-reactive ketones (excluding diaryl/α,β-unsaturated/α-hetero) is 2. The second-order valence-electron chi connectivity index (χ2n) is 4.66. The topological polar surface area (TPSA) is 95.1 Å². The van der Waals surface area contributed by atoms with Crippen molar-refractivity contribution in [3.8, 4) is 0 Å². The van der Waals surface area contributed by atoms with Gasteiger partial charge in [0.15, 0.2) is 5.78 Å². The van der Waals surface area contributed by atoms with E-state index >= 15 is 0 Å². The molecule has 0 spiro atoms. The van der Waals surface area contributed by atoms with Crippen molar-refractivity contribution in [2.24, 2.45) is 0 Å². The highest BCUT2D eigenvalue weighted by atomic mass is 16.2. The van der Waals surface area contributed by atoms with Crippen LogP contribution in [0.4, 0.5) is 5.69 Å². The summed E-state index contributed by atoms with van der Waals surface area (Å²) >= 11 is 0. The Bertz CT molecular complexity index is 1030. The van der Waals surface area contributed by atoms with Crippen LogP contribution in [0.15, 0.2) is 23.0 Å². The smallest absolute Gasteiger partial charge is 0.264 e. The lowest BCUT2D eigenvalue weighted by molar-refractivity contribution is -0.132. The standard InChI is InChI=1S/C15H15N3O3/c1-8-17-11-4-2-3-10(16)14(11)15(21)18(8)12-6-5-9(19)7-13(12)20/h2-4,12H,5-7,16H2,1H3/t12-/m1/s1/i5D2,6D2,12D. The van der Waals surface area contributed by atoms with Crippen molar-refractivity contribution >= 4 is 28.2 Å². The molecular weight excluding hydrogens is 270 g/mol. The Morgan fingerprint density at radius 3 is 2.95 bits per heavy atom. The summed E-state index contributed by atoms with van der Waals surface area (Å²) in [5, 5.41) is -0.106. The molecule has 1 aliphatic carbocycles. The molecule has 0 unspecified atom stereocenters. The van der Waals surface area contributed by atoms with E-state index in [4.69, 9.17) is 12.6 Å². The first-order chi connectivity index (χ1) is 11.9. The van der Waals surface area contributed by atoms with E-state index in [0.29, 0.717) is 4.57 Å². The zero-order valence-electron chi connectivity index (χ0n) is 16.1. The van der Waals surface area contributed by atoms with Gasteiger partial charge in [-0.25, -0.2) is 4.98 Å². The first-order valence-electron chi connectivity index (χ1n) is 8.72. The van der Waals surface area contributed by atoms with E-state index < -0.39 is 42.3 Å². The molecule has 21 heavy (non-hydrogen) atoms. The normalized spacial score (nSPS) is 31.0. The second-order valence-corrected chi connectivity index (χ2v) is 4.66. The molecule has 1 atom stereocenters. The van der Waals surface area contributed by atoms with Gasteiger partial charge in [-0.3, -0.25) is 19.0 Å². The fourth-order valence-electron chi connectivity index (χ4n) is 2.28. The van der Waals surface area contributed by atoms with Gasteiger partial charge in [-0.2, -0.15) is 0 Å². The Labute approximate surface area is 127 Å². The summed E-state index contributed by atoms with van der Waals surface area (Å²) in [7, 11) is 0. The molecule has 6 nitrogen and oxygen atoms in total. The highest BCUT2D eigenvalue weighted by Gasteiger charge is 2.30. The number of anilines is 1. The van der Waals surface area contributed by atoms with E-state index in [-0.39, 0.29) is 22.4 Å². The predicted octanol–water partition coefficient (Wildman–Crippen LogP) is 1.15. The molecule has 3 rings (SSSR count). The van der Waals surface area contributed by atoms with E-state index in [1.807, 2.05) is 0 Å². The highest BCUT2D eigenvalue weighted by molar-refractivity contribution is 6.03. The van der Waals surface area contributed by atoms with Gasteiger partial charge in [0.1, 0.15) is 11.6 Å². The Balaban J connectivity index is 2.45. The van der Waals surface area contributed by atoms with E-state index in [2.05, 4.69) is 4.98 Å². The molecule has 1 heterocycles. The van der Waals surface area contributed by atoms with Crippen molar-refractivity contribution in [1.29, 1.82) is 0 Å². The number of ketones is 2. The Kier molecular flexibility index (Phi) is 1.99. The molecule has 2 aromatic rings. The summed E-state index contributed by atoms with van der Waals surface area (Å²) in [6.45, 7) is 1.30. The molecule has 1 saturated carbocycles. The fraction of sp³-hybridized carbons (Fsp3) is 0.333. The zero-order valence-corrected chi connectivity index (χ0v) is 11.1. The van der Waals surface area contributed by atoms with Gasteiger partial charge >= 0.3 is 0 Å². The molecule has 1 aliphatic rings. The highest BCUT2D eigenvalue weighted by Crippen LogP contribution is 2.24. The minimum Gasteiger partial charge on any atom is -0.398 e. The zero-order chi connectivity index (χ0) is 19.7. The molecule has 1 aromatic carbocycles. The van der Waals surface area contributed by atoms with Crippen LogP contribution >= 0.6 is 0 Å². The minimum absolute atomic E-state index is 0.0280. The maximum atomic E-state index is 13.0. The van der Waals surface area contributed by atoms with Crippen LogP contribution in [-0.2, 0) is 9.59 Å². The van der Waals surface area contributed by atoms with Crippen LogP contribution < -0.4 is 11.3 Å². The van der Waals surface area contributed by atoms with Crippen molar-refractivity contribution in [3.05, 3.63) is 34.4 Å². The van der Waals surface area contributed by atoms with Crippen molar-refractivity contribution in [2.75, 3.05) is 5.73 Å². The number of carbonyl (C=O) groups is 2. The number of hydrogen-bond acceptors (Lipinski definition) is 5. The van der Waals surface area contributed by atoms with Crippen LogP contribution in [0.5, 0.6) is 0 Å². The number of aromatic nitrogens is 2. The van der Waals surface area contributed by atoms with Crippen molar-refractivity contribution in [2.45, 2.75) is 32.1 Å². The van der Waals surface area contributed by atoms with E-state index in [0.717, 1.165) is 0 Å². The average molecular weight is 290 g/mol. The summed E-state index contributed by atoms with van der Waals surface area (Å²) in [6, 6.07) is 1.48. The predicted molar refractivity (Wildman–Crippen MR) is 78.1 cm³/mol. The lowest BCUT2D eigenvalue weighted by Gasteiger charge is -2.24. The summed E-state index contributed by atoms with van der Waals surface area (Å²) in [6.07, 6.45) is -7.43. The van der Waals surface area contributed by atoms with Gasteiger partial charge in [-0.05, 0) is 25.4 Å². The van der Waals surface area contributed by atoms with Crippen molar-refractivity contribution in [1.82, 2.24) is 9.55 Å². The summed E-state index contributed by atoms with van der Waals surface area (Å²) in [5.74, 6) is -2.65. The molecule has 0 amide bonds. The molecule has 1 aromatic heterocycles. The molecule has 0 bridgehead atoms. The molecule has 108 valence electrons. The van der Waals surface area contributed by atoms with Crippen LogP contribution in [-0.4, -0.2) is 21.1 Å². The monoisotopic (exact) mass is 290 g/mol. The maximum Gasteiger partial charge on any atom is 0.264 e.